The maximum atomic E-state index is 13.3. The first-order valence-electron chi connectivity index (χ1n) is 8.45. The number of aromatic carboxylic acids is 1. The predicted molar refractivity (Wildman–Crippen MR) is 98.3 cm³/mol. The number of benzene rings is 2. The Bertz CT molecular complexity index is 1080. The number of nitrogens with zero attached hydrogens (tertiary/aromatic N) is 2. The van der Waals surface area contributed by atoms with E-state index in [4.69, 9.17) is 4.74 Å². The molecule has 2 aromatic carbocycles. The van der Waals surface area contributed by atoms with Gasteiger partial charge in [-0.3, -0.25) is 0 Å². The molecule has 0 radical (unpaired) electrons. The van der Waals surface area contributed by atoms with Crippen molar-refractivity contribution >= 4 is 5.97 Å². The molecule has 5 nitrogen and oxygen atoms in total. The molecule has 142 valence electrons. The van der Waals surface area contributed by atoms with Gasteiger partial charge in [0.25, 0.3) is 0 Å². The minimum Gasteiger partial charge on any atom is -0.477 e. The summed E-state index contributed by atoms with van der Waals surface area (Å²) in [7, 11) is 1.61. The molecule has 0 unspecified atom stereocenters. The number of carboxylic acids is 1. The van der Waals surface area contributed by atoms with Gasteiger partial charge in [0.1, 0.15) is 34.9 Å². The maximum absolute atomic E-state index is 13.3. The topological polar surface area (TPSA) is 75.2 Å². The van der Waals surface area contributed by atoms with Crippen LogP contribution in [0.15, 0.2) is 42.5 Å². The van der Waals surface area contributed by atoms with Gasteiger partial charge in [-0.1, -0.05) is 19.1 Å². The third kappa shape index (κ3) is 3.45. The third-order valence-electron chi connectivity index (χ3n) is 4.38. The molecular weight excluding hydrogens is 366 g/mol. The van der Waals surface area contributed by atoms with Crippen molar-refractivity contribution in [3.8, 4) is 28.7 Å². The summed E-state index contributed by atoms with van der Waals surface area (Å²) in [6, 6.07) is 11.2. The van der Waals surface area contributed by atoms with E-state index >= 15 is 0 Å². The number of carboxylic acid groups (broad SMARTS) is 1. The second-order valence-electron chi connectivity index (χ2n) is 6.11. The van der Waals surface area contributed by atoms with Crippen LogP contribution in [0.3, 0.4) is 0 Å². The highest BCUT2D eigenvalue weighted by Gasteiger charge is 2.25. The molecule has 0 saturated heterocycles. The number of nitriles is 1. The second kappa shape index (κ2) is 7.53. The minimum absolute atomic E-state index is 0.00201. The fraction of sp³-hybridized carbons (Fsp3) is 0.143. The normalized spacial score (nSPS) is 10.5. The average molecular weight is 382 g/mol. The average Bonchev–Trinajstić information content (AvgIpc) is 2.93. The Morgan fingerprint density at radius 2 is 1.75 bits per heavy atom. The Balaban J connectivity index is 2.02. The Hall–Kier alpha value is -3.66. The highest BCUT2D eigenvalue weighted by atomic mass is 19.1. The number of hydrogen-bond donors (Lipinski definition) is 1. The first-order valence-corrected chi connectivity index (χ1v) is 8.45. The van der Waals surface area contributed by atoms with Gasteiger partial charge in [0.15, 0.2) is 0 Å². The van der Waals surface area contributed by atoms with E-state index in [0.29, 0.717) is 34.6 Å². The van der Waals surface area contributed by atoms with Crippen LogP contribution in [0.4, 0.5) is 8.78 Å². The van der Waals surface area contributed by atoms with Gasteiger partial charge in [0.2, 0.25) is 0 Å². The van der Waals surface area contributed by atoms with Crippen molar-refractivity contribution in [3.63, 3.8) is 0 Å². The molecule has 7 heteroatoms. The summed E-state index contributed by atoms with van der Waals surface area (Å²) in [6.07, 6.45) is 0.506. The summed E-state index contributed by atoms with van der Waals surface area (Å²) < 4.78 is 33.5. The summed E-state index contributed by atoms with van der Waals surface area (Å²) in [4.78, 5) is 11.8. The number of halogens is 2. The number of aromatic nitrogens is 1. The van der Waals surface area contributed by atoms with Crippen LogP contribution in [0.1, 0.15) is 28.7 Å². The smallest absolute Gasteiger partial charge is 0.353 e. The van der Waals surface area contributed by atoms with E-state index in [-0.39, 0.29) is 11.4 Å². The van der Waals surface area contributed by atoms with Gasteiger partial charge in [-0.15, -0.1) is 0 Å². The van der Waals surface area contributed by atoms with Crippen LogP contribution in [0.5, 0.6) is 11.5 Å². The largest absolute Gasteiger partial charge is 0.477 e. The minimum atomic E-state index is -1.13. The van der Waals surface area contributed by atoms with E-state index in [0.717, 1.165) is 18.2 Å². The van der Waals surface area contributed by atoms with Crippen LogP contribution < -0.4 is 4.74 Å². The number of ether oxygens (including phenoxy) is 1. The summed E-state index contributed by atoms with van der Waals surface area (Å²) in [5.41, 5.74) is 1.82. The Morgan fingerprint density at radius 3 is 2.25 bits per heavy atom. The van der Waals surface area contributed by atoms with E-state index in [2.05, 4.69) is 6.07 Å². The lowest BCUT2D eigenvalue weighted by Gasteiger charge is -2.08. The Kier molecular flexibility index (Phi) is 5.14. The van der Waals surface area contributed by atoms with Crippen molar-refractivity contribution in [1.82, 2.24) is 4.57 Å². The first kappa shape index (κ1) is 19.1. The van der Waals surface area contributed by atoms with Crippen LogP contribution in [-0.2, 0) is 13.5 Å². The van der Waals surface area contributed by atoms with Gasteiger partial charge in [0.05, 0.1) is 5.56 Å². The van der Waals surface area contributed by atoms with Crippen molar-refractivity contribution in [2.24, 2.45) is 7.05 Å². The summed E-state index contributed by atoms with van der Waals surface area (Å²) in [5.74, 6) is -2.33. The van der Waals surface area contributed by atoms with E-state index in [1.807, 2.05) is 6.92 Å². The fourth-order valence-electron chi connectivity index (χ4n) is 3.21. The molecule has 28 heavy (non-hydrogen) atoms. The number of carbonyl (C=O) groups is 1. The summed E-state index contributed by atoms with van der Waals surface area (Å²) >= 11 is 0. The molecule has 1 aromatic heterocycles. The Labute approximate surface area is 160 Å². The van der Waals surface area contributed by atoms with Crippen molar-refractivity contribution in [2.75, 3.05) is 0 Å². The SMILES string of the molecule is CCc1c(C#N)c(-c2ccc(Oc3cc(F)cc(F)c3)cc2)c(C(=O)O)n1C. The third-order valence-corrected chi connectivity index (χ3v) is 4.38. The lowest BCUT2D eigenvalue weighted by atomic mass is 10.00. The number of hydrogen-bond acceptors (Lipinski definition) is 3. The molecule has 0 aliphatic rings. The van der Waals surface area contributed by atoms with E-state index in [1.54, 1.807) is 31.3 Å². The quantitative estimate of drug-likeness (QED) is 0.681. The molecule has 1 heterocycles. The standard InChI is InChI=1S/C21H16F2N2O3/c1-3-18-17(11-24)19(20(21(26)27)25(18)2)12-4-6-15(7-5-12)28-16-9-13(22)8-14(23)10-16/h4-10H,3H2,1-2H3,(H,26,27). The van der Waals surface area contributed by atoms with Crippen LogP contribution in [0.25, 0.3) is 11.1 Å². The molecule has 0 amide bonds. The molecule has 3 rings (SSSR count). The molecule has 0 fully saturated rings. The highest BCUT2D eigenvalue weighted by molar-refractivity contribution is 5.97. The molecule has 3 aromatic rings. The monoisotopic (exact) mass is 382 g/mol. The maximum Gasteiger partial charge on any atom is 0.353 e. The fourth-order valence-corrected chi connectivity index (χ4v) is 3.21. The van der Waals surface area contributed by atoms with Crippen LogP contribution >= 0.6 is 0 Å². The highest BCUT2D eigenvalue weighted by Crippen LogP contribution is 2.34. The van der Waals surface area contributed by atoms with Gasteiger partial charge in [-0.05, 0) is 24.1 Å². The first-order chi connectivity index (χ1) is 13.3. The molecule has 0 saturated carbocycles. The van der Waals surface area contributed by atoms with Gasteiger partial charge < -0.3 is 14.4 Å². The van der Waals surface area contributed by atoms with Crippen molar-refractivity contribution in [3.05, 3.63) is 71.1 Å². The molecule has 1 N–H and O–H groups in total. The lowest BCUT2D eigenvalue weighted by molar-refractivity contribution is 0.0687. The van der Waals surface area contributed by atoms with Crippen LogP contribution in [0, 0.1) is 23.0 Å². The van der Waals surface area contributed by atoms with Gasteiger partial charge in [-0.25, -0.2) is 13.6 Å². The molecule has 0 aliphatic carbocycles. The van der Waals surface area contributed by atoms with E-state index in [1.165, 1.54) is 4.57 Å². The zero-order valence-electron chi connectivity index (χ0n) is 15.2. The Morgan fingerprint density at radius 1 is 1.14 bits per heavy atom. The van der Waals surface area contributed by atoms with Crippen molar-refractivity contribution in [1.29, 1.82) is 5.26 Å². The zero-order valence-corrected chi connectivity index (χ0v) is 15.2. The number of rotatable bonds is 5. The van der Waals surface area contributed by atoms with Crippen LogP contribution in [0.2, 0.25) is 0 Å². The lowest BCUT2D eigenvalue weighted by Crippen LogP contribution is -2.07. The van der Waals surface area contributed by atoms with E-state index < -0.39 is 17.6 Å². The molecule has 0 aliphatic heterocycles. The van der Waals surface area contributed by atoms with Crippen LogP contribution in [-0.4, -0.2) is 15.6 Å². The van der Waals surface area contributed by atoms with Gasteiger partial charge >= 0.3 is 5.97 Å². The molecule has 0 atom stereocenters. The van der Waals surface area contributed by atoms with Crippen molar-refractivity contribution < 1.29 is 23.4 Å². The van der Waals surface area contributed by atoms with Gasteiger partial charge in [-0.2, -0.15) is 5.26 Å². The molecule has 0 bridgehead atoms. The molecule has 0 spiro atoms. The second-order valence-corrected chi connectivity index (χ2v) is 6.11. The van der Waals surface area contributed by atoms with Gasteiger partial charge in [0, 0.05) is 36.5 Å². The predicted octanol–water partition coefficient (Wildman–Crippen LogP) is 4.89. The van der Waals surface area contributed by atoms with Crippen molar-refractivity contribution in [2.45, 2.75) is 13.3 Å². The zero-order chi connectivity index (χ0) is 20.4. The summed E-state index contributed by atoms with van der Waals surface area (Å²) in [5, 5.41) is 19.2. The molecular formula is C21H16F2N2O3. The summed E-state index contributed by atoms with van der Waals surface area (Å²) in [6.45, 7) is 1.85. The van der Waals surface area contributed by atoms with E-state index in [9.17, 15) is 23.9 Å².